The lowest BCUT2D eigenvalue weighted by atomic mass is 10.6. The van der Waals surface area contributed by atoms with Crippen molar-refractivity contribution in [1.29, 1.82) is 0 Å². The van der Waals surface area contributed by atoms with Gasteiger partial charge in [0, 0.05) is 12.4 Å². The minimum Gasteiger partial charge on any atom is -0.260 e. The Morgan fingerprint density at radius 2 is 1.87 bits per heavy atom. The molecule has 0 bridgehead atoms. The first-order chi connectivity index (χ1) is 7.00. The number of aromatic nitrogens is 4. The van der Waals surface area contributed by atoms with Crippen molar-refractivity contribution < 1.29 is 13.2 Å². The van der Waals surface area contributed by atoms with Gasteiger partial charge in [-0.15, -0.1) is 5.10 Å². The number of aromatic amines is 1. The number of hydrogen-bond donors (Lipinski definition) is 1. The van der Waals surface area contributed by atoms with Crippen molar-refractivity contribution in [2.24, 2.45) is 0 Å². The molecule has 2 aromatic heterocycles. The van der Waals surface area contributed by atoms with Crippen LogP contribution < -0.4 is 0 Å². The highest BCUT2D eigenvalue weighted by Gasteiger charge is 2.38. The summed E-state index contributed by atoms with van der Waals surface area (Å²) < 4.78 is 39.3. The lowest BCUT2D eigenvalue weighted by Gasteiger charge is -2.09. The number of nitrogens with one attached hydrogen (secondary N) is 1. The summed E-state index contributed by atoms with van der Waals surface area (Å²) in [5, 5.41) is 5.25. The summed E-state index contributed by atoms with van der Waals surface area (Å²) in [4.78, 5) is 0. The van der Waals surface area contributed by atoms with Gasteiger partial charge < -0.3 is 0 Å². The molecule has 0 aliphatic carbocycles. The lowest BCUT2D eigenvalue weighted by Crippen LogP contribution is -2.19. The maximum atomic E-state index is 12.5. The van der Waals surface area contributed by atoms with Crippen molar-refractivity contribution in [2.45, 2.75) is 6.18 Å². The Bertz CT molecular complexity index is 507. The summed E-state index contributed by atoms with van der Waals surface area (Å²) in [5.74, 6) is -1.08. The minimum atomic E-state index is -4.54. The maximum Gasteiger partial charge on any atom is 0.453 e. The summed E-state index contributed by atoms with van der Waals surface area (Å²) in [5.41, 5.74) is 0. The van der Waals surface area contributed by atoms with E-state index in [1.54, 1.807) is 12.1 Å². The van der Waals surface area contributed by atoms with Gasteiger partial charge in [0.2, 0.25) is 4.77 Å². The molecule has 15 heavy (non-hydrogen) atoms. The summed E-state index contributed by atoms with van der Waals surface area (Å²) in [6.45, 7) is 0. The van der Waals surface area contributed by atoms with Gasteiger partial charge >= 0.3 is 6.18 Å². The zero-order valence-corrected chi connectivity index (χ0v) is 8.01. The minimum absolute atomic E-state index is 0.112. The molecule has 0 spiro atoms. The number of hydrogen-bond acceptors (Lipinski definition) is 2. The highest BCUT2D eigenvalue weighted by Crippen LogP contribution is 2.27. The van der Waals surface area contributed by atoms with E-state index in [0.717, 1.165) is 4.68 Å². The Kier molecular flexibility index (Phi) is 2.14. The van der Waals surface area contributed by atoms with E-state index < -0.39 is 12.0 Å². The molecule has 0 radical (unpaired) electrons. The van der Waals surface area contributed by atoms with E-state index in [0.29, 0.717) is 0 Å². The monoisotopic (exact) mass is 234 g/mol. The fourth-order valence-electron chi connectivity index (χ4n) is 1.15. The molecule has 1 N–H and O–H groups in total. The van der Waals surface area contributed by atoms with E-state index in [9.17, 15) is 13.2 Å². The average molecular weight is 234 g/mol. The third kappa shape index (κ3) is 1.67. The Morgan fingerprint density at radius 3 is 2.40 bits per heavy atom. The first kappa shape index (κ1) is 9.97. The first-order valence-corrected chi connectivity index (χ1v) is 4.29. The highest BCUT2D eigenvalue weighted by molar-refractivity contribution is 7.71. The van der Waals surface area contributed by atoms with Crippen LogP contribution in [0.25, 0.3) is 0 Å². The Balaban J connectivity index is 2.66. The molecule has 2 aromatic rings. The van der Waals surface area contributed by atoms with Crippen LogP contribution in [0.4, 0.5) is 13.2 Å². The molecule has 4 nitrogen and oxygen atoms in total. The topological polar surface area (TPSA) is 38.5 Å². The molecule has 0 aliphatic rings. The van der Waals surface area contributed by atoms with Gasteiger partial charge in [0.05, 0.1) is 0 Å². The third-order valence-corrected chi connectivity index (χ3v) is 1.99. The number of rotatable bonds is 1. The van der Waals surface area contributed by atoms with E-state index >= 15 is 0 Å². The fourth-order valence-corrected chi connectivity index (χ4v) is 1.37. The molecule has 0 unspecified atom stereocenters. The van der Waals surface area contributed by atoms with Gasteiger partial charge in [0.25, 0.3) is 5.82 Å². The van der Waals surface area contributed by atoms with Crippen LogP contribution in [-0.2, 0) is 6.18 Å². The highest BCUT2D eigenvalue weighted by atomic mass is 32.1. The van der Waals surface area contributed by atoms with E-state index in [1.165, 1.54) is 17.1 Å². The van der Waals surface area contributed by atoms with Gasteiger partial charge in [-0.25, -0.2) is 5.10 Å². The Morgan fingerprint density at radius 1 is 1.27 bits per heavy atom. The van der Waals surface area contributed by atoms with Crippen LogP contribution in [0, 0.1) is 4.77 Å². The Labute approximate surface area is 86.9 Å². The fraction of sp³-hybridized carbons (Fsp3) is 0.143. The molecular formula is C7H5F3N4S. The molecule has 2 heterocycles. The van der Waals surface area contributed by atoms with Crippen molar-refractivity contribution >= 4 is 12.2 Å². The van der Waals surface area contributed by atoms with Crippen LogP contribution in [-0.4, -0.2) is 19.5 Å². The van der Waals surface area contributed by atoms with Gasteiger partial charge in [-0.05, 0) is 24.4 Å². The number of H-pyrrole nitrogens is 1. The molecule has 0 aromatic carbocycles. The molecule has 0 atom stereocenters. The predicted molar refractivity (Wildman–Crippen MR) is 47.6 cm³/mol. The van der Waals surface area contributed by atoms with Gasteiger partial charge in [-0.3, -0.25) is 4.68 Å². The summed E-state index contributed by atoms with van der Waals surface area (Å²) in [6, 6.07) is 3.18. The van der Waals surface area contributed by atoms with E-state index in [1.807, 2.05) is 0 Å². The molecule has 0 fully saturated rings. The van der Waals surface area contributed by atoms with Crippen molar-refractivity contribution in [3.63, 3.8) is 0 Å². The quantitative estimate of drug-likeness (QED) is 0.767. The normalized spacial score (nSPS) is 11.9. The van der Waals surface area contributed by atoms with Gasteiger partial charge in [-0.1, -0.05) is 0 Å². The number of nitrogens with zero attached hydrogens (tertiary/aromatic N) is 3. The van der Waals surface area contributed by atoms with E-state index in [-0.39, 0.29) is 4.77 Å². The Hall–Kier alpha value is -1.57. The van der Waals surface area contributed by atoms with Crippen LogP contribution in [0.3, 0.4) is 0 Å². The molecule has 0 amide bonds. The zero-order chi connectivity index (χ0) is 11.1. The van der Waals surface area contributed by atoms with Gasteiger partial charge in [0.1, 0.15) is 0 Å². The average Bonchev–Trinajstić information content (AvgIpc) is 2.69. The van der Waals surface area contributed by atoms with Crippen molar-refractivity contribution in [1.82, 2.24) is 19.5 Å². The SMILES string of the molecule is FC(F)(F)c1n[nH]c(=S)n1-n1cccc1. The van der Waals surface area contributed by atoms with Crippen LogP contribution in [0.2, 0.25) is 0 Å². The predicted octanol–water partition coefficient (Wildman–Crippen LogP) is 2.07. The molecule has 0 saturated heterocycles. The molecule has 2 rings (SSSR count). The standard InChI is InChI=1S/C7H5F3N4S/c8-7(9,10)5-11-12-6(15)14(5)13-3-1-2-4-13/h1-4H,(H,12,15). The number of halogens is 3. The first-order valence-electron chi connectivity index (χ1n) is 3.88. The summed E-state index contributed by atoms with van der Waals surface area (Å²) in [7, 11) is 0. The second-order valence-electron chi connectivity index (χ2n) is 2.72. The van der Waals surface area contributed by atoms with Gasteiger partial charge in [-0.2, -0.15) is 17.8 Å². The van der Waals surface area contributed by atoms with E-state index in [4.69, 9.17) is 12.2 Å². The summed E-state index contributed by atoms with van der Waals surface area (Å²) >= 11 is 4.71. The molecule has 8 heteroatoms. The lowest BCUT2D eigenvalue weighted by molar-refractivity contribution is -0.148. The van der Waals surface area contributed by atoms with Crippen LogP contribution in [0.5, 0.6) is 0 Å². The van der Waals surface area contributed by atoms with Gasteiger partial charge in [0.15, 0.2) is 0 Å². The van der Waals surface area contributed by atoms with E-state index in [2.05, 4.69) is 10.2 Å². The van der Waals surface area contributed by atoms with Crippen LogP contribution in [0.15, 0.2) is 24.5 Å². The zero-order valence-electron chi connectivity index (χ0n) is 7.19. The van der Waals surface area contributed by atoms with Crippen LogP contribution >= 0.6 is 12.2 Å². The largest absolute Gasteiger partial charge is 0.453 e. The molecule has 80 valence electrons. The molecule has 0 saturated carbocycles. The second kappa shape index (κ2) is 3.23. The third-order valence-electron chi connectivity index (χ3n) is 1.72. The second-order valence-corrected chi connectivity index (χ2v) is 3.11. The maximum absolute atomic E-state index is 12.5. The van der Waals surface area contributed by atoms with Crippen LogP contribution in [0.1, 0.15) is 5.82 Å². The molecule has 0 aliphatic heterocycles. The van der Waals surface area contributed by atoms with Crippen molar-refractivity contribution in [2.75, 3.05) is 0 Å². The number of alkyl halides is 3. The molecular weight excluding hydrogens is 229 g/mol. The van der Waals surface area contributed by atoms with Crippen molar-refractivity contribution in [3.8, 4) is 0 Å². The summed E-state index contributed by atoms with van der Waals surface area (Å²) in [6.07, 6.45) is -1.65. The smallest absolute Gasteiger partial charge is 0.260 e. The van der Waals surface area contributed by atoms with Crippen molar-refractivity contribution in [3.05, 3.63) is 35.1 Å².